The Hall–Kier alpha value is -2.08. The maximum absolute atomic E-state index is 11.9. The Kier molecular flexibility index (Phi) is 8.00. The van der Waals surface area contributed by atoms with Crippen LogP contribution in [0.15, 0.2) is 35.5 Å². The number of nitrogens with one attached hydrogen (secondary N) is 1. The van der Waals surface area contributed by atoms with Gasteiger partial charge in [0.2, 0.25) is 0 Å². The van der Waals surface area contributed by atoms with Crippen LogP contribution in [0.2, 0.25) is 0 Å². The van der Waals surface area contributed by atoms with Crippen molar-refractivity contribution >= 4 is 40.4 Å². The molecule has 0 amide bonds. The molecule has 1 fully saturated rings. The molecule has 4 rings (SSSR count). The van der Waals surface area contributed by atoms with Gasteiger partial charge in [-0.25, -0.2) is 28.6 Å². The number of hydrogen-bond donors (Lipinski definition) is 7. The Morgan fingerprint density at radius 1 is 1.03 bits per heavy atom. The highest BCUT2D eigenvalue weighted by Gasteiger charge is 2.47. The van der Waals surface area contributed by atoms with Crippen LogP contribution in [-0.2, 0) is 38.1 Å². The molecule has 204 valence electrons. The molecule has 1 aliphatic heterocycles. The van der Waals surface area contributed by atoms with Crippen molar-refractivity contribution in [2.45, 2.75) is 31.1 Å². The zero-order valence-electron chi connectivity index (χ0n) is 18.2. The third-order valence-electron chi connectivity index (χ3n) is 4.80. The average molecular weight is 592 g/mol. The Morgan fingerprint density at radius 3 is 2.46 bits per heavy atom. The number of imidazole rings is 1. The van der Waals surface area contributed by atoms with Crippen LogP contribution in [0.4, 0.5) is 5.82 Å². The Labute approximate surface area is 206 Å². The standard InChI is InChI=1S/C15H20N5O14P3/c21-11-9(5-31-36(26,27)34-37(28,29)33-35(23,24)25)32-15(12(11)22)20-7-19-10-13(17-6-18-14(10)20)16-4-8-2-1-3-30-8/h1-3,6-7,9,11-12,15,21-22H,4-5H2,(H,26,27)(H,28,29)(H,16,17,18)(H2,23,24,25)/t9-,11+,12+,15-/m1/s1/i5+1,9+1,11+1,12+1,15+1. The van der Waals surface area contributed by atoms with E-state index in [-0.39, 0.29) is 17.7 Å². The van der Waals surface area contributed by atoms with Gasteiger partial charge in [-0.15, -0.1) is 0 Å². The minimum Gasteiger partial charge on any atom is -0.467 e. The number of nitrogens with zero attached hydrogens (tertiary/aromatic N) is 4. The van der Waals surface area contributed by atoms with Crippen molar-refractivity contribution in [1.29, 1.82) is 0 Å². The second kappa shape index (κ2) is 10.6. The number of aliphatic hydroxyl groups is 2. The van der Waals surface area contributed by atoms with E-state index in [1.54, 1.807) is 12.1 Å². The smallest absolute Gasteiger partial charge is 0.467 e. The SMILES string of the molecule is O=P(O)(O)OP(=O)(O)OP(=O)(O)O[13CH2][13C@H]1O[13C@@H](n2cnc3c(NCc4ccco4)ncnc32)[13C@@H](O)[13C@H]1O. The zero-order valence-corrected chi connectivity index (χ0v) is 20.9. The lowest BCUT2D eigenvalue weighted by molar-refractivity contribution is -0.0503. The monoisotopic (exact) mass is 592 g/mol. The van der Waals surface area contributed by atoms with E-state index in [0.717, 1.165) is 0 Å². The third kappa shape index (κ3) is 6.87. The molecule has 6 atom stereocenters. The van der Waals surface area contributed by atoms with Crippen LogP contribution in [-0.4, -0.2) is 74.2 Å². The van der Waals surface area contributed by atoms with Gasteiger partial charge >= 0.3 is 23.5 Å². The first kappa shape index (κ1) is 27.9. The van der Waals surface area contributed by atoms with Gasteiger partial charge < -0.3 is 44.3 Å². The number of ether oxygens (including phenoxy) is 1. The van der Waals surface area contributed by atoms with Crippen LogP contribution in [0.5, 0.6) is 0 Å². The van der Waals surface area contributed by atoms with Crippen LogP contribution < -0.4 is 5.32 Å². The van der Waals surface area contributed by atoms with Crippen LogP contribution in [0, 0.1) is 0 Å². The van der Waals surface area contributed by atoms with Crippen LogP contribution >= 0.6 is 23.5 Å². The van der Waals surface area contributed by atoms with Crippen LogP contribution in [0.1, 0.15) is 12.0 Å². The van der Waals surface area contributed by atoms with Crippen LogP contribution in [0.25, 0.3) is 11.2 Å². The second-order valence-electron chi connectivity index (χ2n) is 7.41. The summed E-state index contributed by atoms with van der Waals surface area (Å²) in [5.41, 5.74) is 0.484. The van der Waals surface area contributed by atoms with Gasteiger partial charge in [0.25, 0.3) is 0 Å². The van der Waals surface area contributed by atoms with Gasteiger partial charge in [-0.05, 0) is 12.1 Å². The minimum absolute atomic E-state index is 0.196. The molecular weight excluding hydrogens is 572 g/mol. The van der Waals surface area contributed by atoms with Crippen molar-refractivity contribution in [2.75, 3.05) is 11.9 Å². The van der Waals surface area contributed by atoms with Crippen molar-refractivity contribution in [3.8, 4) is 0 Å². The fourth-order valence-electron chi connectivity index (χ4n) is 3.32. The van der Waals surface area contributed by atoms with E-state index < -0.39 is 54.6 Å². The number of furan rings is 1. The second-order valence-corrected chi connectivity index (χ2v) is 11.8. The molecule has 4 heterocycles. The number of hydrogen-bond acceptors (Lipinski definition) is 14. The first-order chi connectivity index (χ1) is 17.2. The van der Waals surface area contributed by atoms with E-state index in [9.17, 15) is 33.7 Å². The molecular formula is C15H20N5O14P3. The van der Waals surface area contributed by atoms with Crippen molar-refractivity contribution in [1.82, 2.24) is 19.5 Å². The number of rotatable bonds is 11. The first-order valence-corrected chi connectivity index (χ1v) is 14.5. The van der Waals surface area contributed by atoms with Gasteiger partial charge in [0.1, 0.15) is 30.4 Å². The van der Waals surface area contributed by atoms with Gasteiger partial charge in [-0.1, -0.05) is 0 Å². The van der Waals surface area contributed by atoms with E-state index in [4.69, 9.17) is 18.9 Å². The van der Waals surface area contributed by atoms with Gasteiger partial charge in [-0.2, -0.15) is 8.62 Å². The summed E-state index contributed by atoms with van der Waals surface area (Å²) in [6, 6.07) is 3.46. The molecule has 37 heavy (non-hydrogen) atoms. The van der Waals surface area contributed by atoms with Crippen LogP contribution in [0.3, 0.4) is 0 Å². The molecule has 0 saturated carbocycles. The number of aromatic nitrogens is 4. The quantitative estimate of drug-likeness (QED) is 0.114. The van der Waals surface area contributed by atoms with E-state index >= 15 is 0 Å². The van der Waals surface area contributed by atoms with Gasteiger partial charge in [-0.3, -0.25) is 9.09 Å². The zero-order chi connectivity index (χ0) is 27.0. The summed E-state index contributed by atoms with van der Waals surface area (Å²) in [6.45, 7) is -0.675. The highest BCUT2D eigenvalue weighted by atomic mass is 31.3. The number of phosphoric ester groups is 1. The lowest BCUT2D eigenvalue weighted by Crippen LogP contribution is -2.33. The summed E-state index contributed by atoms with van der Waals surface area (Å²) in [6.07, 6.45) is -2.10. The lowest BCUT2D eigenvalue weighted by atomic mass is 10.4. The van der Waals surface area contributed by atoms with Gasteiger partial charge in [0.05, 0.1) is 25.7 Å². The molecule has 3 aromatic rings. The minimum atomic E-state index is -5.72. The fourth-order valence-corrected chi connectivity index (χ4v) is 6.35. The number of aliphatic hydroxyl groups excluding tert-OH is 2. The predicted octanol–water partition coefficient (Wildman–Crippen LogP) is -0.00610. The summed E-state index contributed by atoms with van der Waals surface area (Å²) in [4.78, 5) is 48.4. The summed E-state index contributed by atoms with van der Waals surface area (Å²) in [7, 11) is -16.7. The molecule has 7 N–H and O–H groups in total. The summed E-state index contributed by atoms with van der Waals surface area (Å²) >= 11 is 0. The summed E-state index contributed by atoms with van der Waals surface area (Å²) < 4.78 is 57.8. The highest BCUT2D eigenvalue weighted by molar-refractivity contribution is 7.66. The largest absolute Gasteiger partial charge is 0.490 e. The topological polar surface area (TPSA) is 278 Å². The molecule has 2 unspecified atom stereocenters. The molecule has 0 aliphatic carbocycles. The van der Waals surface area contributed by atoms with E-state index in [1.807, 2.05) is 0 Å². The normalized spacial score (nSPS) is 25.7. The predicted molar refractivity (Wildman–Crippen MR) is 117 cm³/mol. The Bertz CT molecular complexity index is 1380. The number of fused-ring (bicyclic) bond motifs is 1. The maximum Gasteiger partial charge on any atom is 0.490 e. The molecule has 0 aromatic carbocycles. The highest BCUT2D eigenvalue weighted by Crippen LogP contribution is 2.66. The molecule has 22 heteroatoms. The molecule has 0 spiro atoms. The van der Waals surface area contributed by atoms with Crippen molar-refractivity contribution in [3.63, 3.8) is 0 Å². The summed E-state index contributed by atoms with van der Waals surface area (Å²) in [5.74, 6) is 0.958. The Balaban J connectivity index is 1.44. The van der Waals surface area contributed by atoms with Crippen molar-refractivity contribution in [2.24, 2.45) is 0 Å². The maximum atomic E-state index is 11.9. The number of anilines is 1. The molecule has 19 nitrogen and oxygen atoms in total. The fraction of sp³-hybridized carbons (Fsp3) is 0.400. The molecule has 1 aliphatic rings. The van der Waals surface area contributed by atoms with E-state index in [2.05, 4.69) is 33.4 Å². The Morgan fingerprint density at radius 2 is 1.78 bits per heavy atom. The van der Waals surface area contributed by atoms with Gasteiger partial charge in [0.15, 0.2) is 23.2 Å². The van der Waals surface area contributed by atoms with Crippen molar-refractivity contribution in [3.05, 3.63) is 36.8 Å². The van der Waals surface area contributed by atoms with Gasteiger partial charge in [0, 0.05) is 0 Å². The average Bonchev–Trinajstić information content (AvgIpc) is 3.49. The van der Waals surface area contributed by atoms with E-state index in [0.29, 0.717) is 11.6 Å². The van der Waals surface area contributed by atoms with E-state index in [1.165, 1.54) is 23.5 Å². The molecule has 0 bridgehead atoms. The third-order valence-corrected chi connectivity index (χ3v) is 8.60. The molecule has 1 saturated heterocycles. The molecule has 0 radical (unpaired) electrons. The number of phosphoric acid groups is 3. The first-order valence-electron chi connectivity index (χ1n) is 9.98. The lowest BCUT2D eigenvalue weighted by Gasteiger charge is -2.19. The molecule has 3 aromatic heterocycles. The van der Waals surface area contributed by atoms with Crippen molar-refractivity contribution < 1.29 is 65.8 Å². The summed E-state index contributed by atoms with van der Waals surface area (Å²) in [5, 5.41) is 23.9.